The fraction of sp³-hybridized carbons (Fsp3) is 0.391. The molecule has 0 saturated carbocycles. The lowest BCUT2D eigenvalue weighted by Gasteiger charge is -2.21. The molecule has 0 saturated heterocycles. The van der Waals surface area contributed by atoms with Gasteiger partial charge in [-0.3, -0.25) is 4.84 Å². The molecule has 0 aliphatic heterocycles. The molecule has 0 fully saturated rings. The van der Waals surface area contributed by atoms with Crippen molar-refractivity contribution in [3.63, 3.8) is 0 Å². The highest BCUT2D eigenvalue weighted by molar-refractivity contribution is 5.85. The molecule has 2 aromatic rings. The van der Waals surface area contributed by atoms with E-state index < -0.39 is 18.2 Å². The molecule has 0 spiro atoms. The molecular formula is C23H29NO6. The lowest BCUT2D eigenvalue weighted by molar-refractivity contribution is -0.153. The Hall–Kier alpha value is -2.90. The van der Waals surface area contributed by atoms with E-state index in [-0.39, 0.29) is 19.1 Å². The van der Waals surface area contributed by atoms with E-state index in [0.29, 0.717) is 12.3 Å². The Morgan fingerprint density at radius 2 is 1.73 bits per heavy atom. The van der Waals surface area contributed by atoms with Crippen LogP contribution in [0.25, 0.3) is 0 Å². The van der Waals surface area contributed by atoms with E-state index in [0.717, 1.165) is 21.8 Å². The van der Waals surface area contributed by atoms with E-state index in [1.807, 2.05) is 37.3 Å². The van der Waals surface area contributed by atoms with Crippen LogP contribution >= 0.6 is 0 Å². The van der Waals surface area contributed by atoms with Crippen molar-refractivity contribution < 1.29 is 29.0 Å². The zero-order chi connectivity index (χ0) is 22.1. The van der Waals surface area contributed by atoms with Crippen LogP contribution in [0.3, 0.4) is 0 Å². The number of hydrogen-bond acceptors (Lipinski definition) is 5. The number of rotatable bonds is 10. The molecule has 2 rings (SSSR count). The van der Waals surface area contributed by atoms with E-state index in [2.05, 4.69) is 0 Å². The normalized spacial score (nSPS) is 11.9. The summed E-state index contributed by atoms with van der Waals surface area (Å²) in [5, 5.41) is 10.5. The minimum Gasteiger partial charge on any atom is -0.479 e. The molecule has 1 unspecified atom stereocenters. The number of hydrogen-bond donors (Lipinski definition) is 1. The number of hydroxylamine groups is 1. The smallest absolute Gasteiger partial charge is 0.439 e. The van der Waals surface area contributed by atoms with Crippen molar-refractivity contribution in [2.45, 2.75) is 52.9 Å². The highest BCUT2D eigenvalue weighted by Gasteiger charge is 2.21. The number of nitrogens with zero attached hydrogens (tertiary/aromatic N) is 1. The minimum atomic E-state index is -1.01. The Kier molecular flexibility index (Phi) is 8.83. The zero-order valence-corrected chi connectivity index (χ0v) is 17.8. The highest BCUT2D eigenvalue weighted by Crippen LogP contribution is 2.18. The molecule has 0 bridgehead atoms. The largest absolute Gasteiger partial charge is 0.479 e. The molecule has 1 N–H and O–H groups in total. The summed E-state index contributed by atoms with van der Waals surface area (Å²) in [6.07, 6.45) is -1.53. The second-order valence-corrected chi connectivity index (χ2v) is 7.14. The number of carboxylic acid groups (broad SMARTS) is 1. The Bertz CT molecular complexity index is 834. The van der Waals surface area contributed by atoms with Crippen LogP contribution in [0.4, 0.5) is 10.5 Å². The molecule has 30 heavy (non-hydrogen) atoms. The third kappa shape index (κ3) is 7.17. The first-order chi connectivity index (χ1) is 14.3. The van der Waals surface area contributed by atoms with Crippen molar-refractivity contribution in [1.82, 2.24) is 0 Å². The van der Waals surface area contributed by atoms with Gasteiger partial charge in [-0.2, -0.15) is 5.06 Å². The number of carbonyl (C=O) groups is 2. The van der Waals surface area contributed by atoms with Crippen LogP contribution in [0.15, 0.2) is 48.5 Å². The van der Waals surface area contributed by atoms with Crippen LogP contribution in [0, 0.1) is 6.92 Å². The third-order valence-corrected chi connectivity index (χ3v) is 4.18. The van der Waals surface area contributed by atoms with E-state index >= 15 is 0 Å². The van der Waals surface area contributed by atoms with Crippen LogP contribution in [0.5, 0.6) is 0 Å². The van der Waals surface area contributed by atoms with Gasteiger partial charge in [0.1, 0.15) is 6.61 Å². The van der Waals surface area contributed by atoms with Crippen molar-refractivity contribution >= 4 is 17.7 Å². The molecule has 7 heteroatoms. The van der Waals surface area contributed by atoms with Gasteiger partial charge in [-0.1, -0.05) is 42.0 Å². The first kappa shape index (κ1) is 23.4. The number of benzene rings is 2. The van der Waals surface area contributed by atoms with Crippen molar-refractivity contribution in [2.75, 3.05) is 11.7 Å². The van der Waals surface area contributed by atoms with Crippen LogP contribution in [-0.2, 0) is 32.1 Å². The number of aliphatic carboxylic acids is 1. The second-order valence-electron chi connectivity index (χ2n) is 7.14. The topological polar surface area (TPSA) is 85.3 Å². The molecule has 0 aliphatic carbocycles. The number of ether oxygens (including phenoxy) is 2. The SMILES string of the molecule is CCON(C(=O)OCc1cccc(CC(OC(C)C)C(=O)O)c1)c1ccc(C)cc1. The van der Waals surface area contributed by atoms with Gasteiger partial charge in [-0.05, 0) is 51.0 Å². The summed E-state index contributed by atoms with van der Waals surface area (Å²) in [7, 11) is 0. The molecule has 0 heterocycles. The predicted molar refractivity (Wildman–Crippen MR) is 113 cm³/mol. The van der Waals surface area contributed by atoms with Gasteiger partial charge in [-0.25, -0.2) is 9.59 Å². The molecule has 0 radical (unpaired) electrons. The van der Waals surface area contributed by atoms with Crippen molar-refractivity contribution in [3.8, 4) is 0 Å². The molecule has 1 atom stereocenters. The van der Waals surface area contributed by atoms with E-state index in [9.17, 15) is 14.7 Å². The molecule has 162 valence electrons. The van der Waals surface area contributed by atoms with Gasteiger partial charge in [0.25, 0.3) is 0 Å². The van der Waals surface area contributed by atoms with Crippen LogP contribution in [0.1, 0.15) is 37.5 Å². The summed E-state index contributed by atoms with van der Waals surface area (Å²) >= 11 is 0. The predicted octanol–water partition coefficient (Wildman–Crippen LogP) is 4.51. The monoisotopic (exact) mass is 415 g/mol. The fourth-order valence-corrected chi connectivity index (χ4v) is 2.83. The fourth-order valence-electron chi connectivity index (χ4n) is 2.83. The molecule has 7 nitrogen and oxygen atoms in total. The van der Waals surface area contributed by atoms with Gasteiger partial charge in [0, 0.05) is 6.42 Å². The quantitative estimate of drug-likeness (QED) is 0.575. The summed E-state index contributed by atoms with van der Waals surface area (Å²) in [4.78, 5) is 29.4. The van der Waals surface area contributed by atoms with Crippen LogP contribution in [-0.4, -0.2) is 36.0 Å². The van der Waals surface area contributed by atoms with Gasteiger partial charge < -0.3 is 14.6 Å². The van der Waals surface area contributed by atoms with Gasteiger partial charge >= 0.3 is 12.1 Å². The Morgan fingerprint density at radius 1 is 1.07 bits per heavy atom. The van der Waals surface area contributed by atoms with E-state index in [1.54, 1.807) is 39.0 Å². The molecular weight excluding hydrogens is 386 g/mol. The maximum Gasteiger partial charge on any atom is 0.439 e. The molecule has 1 amide bonds. The summed E-state index contributed by atoms with van der Waals surface area (Å²) in [6, 6.07) is 14.6. The lowest BCUT2D eigenvalue weighted by atomic mass is 10.0. The van der Waals surface area contributed by atoms with Crippen molar-refractivity contribution in [2.24, 2.45) is 0 Å². The van der Waals surface area contributed by atoms with Gasteiger partial charge in [0.2, 0.25) is 0 Å². The summed E-state index contributed by atoms with van der Waals surface area (Å²) in [6.45, 7) is 7.68. The maximum atomic E-state index is 12.5. The van der Waals surface area contributed by atoms with Crippen LogP contribution in [0.2, 0.25) is 0 Å². The van der Waals surface area contributed by atoms with Gasteiger partial charge in [-0.15, -0.1) is 0 Å². The molecule has 0 aromatic heterocycles. The summed E-state index contributed by atoms with van der Waals surface area (Å²) < 4.78 is 10.9. The number of carbonyl (C=O) groups excluding carboxylic acids is 1. The minimum absolute atomic E-state index is 0.0326. The first-order valence-electron chi connectivity index (χ1n) is 9.92. The van der Waals surface area contributed by atoms with Gasteiger partial charge in [0.15, 0.2) is 6.10 Å². The highest BCUT2D eigenvalue weighted by atomic mass is 16.7. The Morgan fingerprint density at radius 3 is 2.33 bits per heavy atom. The van der Waals surface area contributed by atoms with Crippen molar-refractivity contribution in [3.05, 3.63) is 65.2 Å². The van der Waals surface area contributed by atoms with Crippen molar-refractivity contribution in [1.29, 1.82) is 0 Å². The number of aryl methyl sites for hydroxylation is 1. The number of anilines is 1. The summed E-state index contributed by atoms with van der Waals surface area (Å²) in [5.41, 5.74) is 3.18. The third-order valence-electron chi connectivity index (χ3n) is 4.18. The second kappa shape index (κ2) is 11.3. The Labute approximate surface area is 177 Å². The number of amides is 1. The molecule has 2 aromatic carbocycles. The van der Waals surface area contributed by atoms with Gasteiger partial charge in [0.05, 0.1) is 18.4 Å². The van der Waals surface area contributed by atoms with E-state index in [4.69, 9.17) is 14.3 Å². The average molecular weight is 415 g/mol. The standard InChI is InChI=1S/C23H29NO6/c1-5-29-24(20-11-9-17(4)10-12-20)23(27)28-15-19-8-6-7-18(13-19)14-21(22(25)26)30-16(2)3/h6-13,16,21H,5,14-15H2,1-4H3,(H,25,26). The maximum absolute atomic E-state index is 12.5. The lowest BCUT2D eigenvalue weighted by Crippen LogP contribution is -2.31. The number of carboxylic acids is 1. The molecule has 0 aliphatic rings. The average Bonchev–Trinajstić information content (AvgIpc) is 2.70. The van der Waals surface area contributed by atoms with E-state index in [1.165, 1.54) is 0 Å². The zero-order valence-electron chi connectivity index (χ0n) is 17.8. The first-order valence-corrected chi connectivity index (χ1v) is 9.92. The van der Waals surface area contributed by atoms with Crippen LogP contribution < -0.4 is 5.06 Å². The summed E-state index contributed by atoms with van der Waals surface area (Å²) in [5.74, 6) is -1.01. The Balaban J connectivity index is 2.03.